The van der Waals surface area contributed by atoms with Gasteiger partial charge in [-0.2, -0.15) is 0 Å². The zero-order chi connectivity index (χ0) is 29.7. The van der Waals surface area contributed by atoms with Gasteiger partial charge in [0, 0.05) is 47.2 Å². The largest absolute Gasteiger partial charge is 0.496 e. The summed E-state index contributed by atoms with van der Waals surface area (Å²) in [6.45, 7) is 6.98. The number of benzene rings is 2. The third kappa shape index (κ3) is 4.25. The number of hydrogen-bond acceptors (Lipinski definition) is 8. The van der Waals surface area contributed by atoms with Crippen molar-refractivity contribution in [2.75, 3.05) is 27.3 Å². The summed E-state index contributed by atoms with van der Waals surface area (Å²) in [4.78, 5) is 26.2. The first-order valence-electron chi connectivity index (χ1n) is 13.0. The van der Waals surface area contributed by atoms with Crippen LogP contribution >= 0.6 is 0 Å². The predicted octanol–water partition coefficient (Wildman–Crippen LogP) is 3.80. The van der Waals surface area contributed by atoms with Gasteiger partial charge in [-0.05, 0) is 48.2 Å². The maximum absolute atomic E-state index is 14.8. The lowest BCUT2D eigenvalue weighted by Gasteiger charge is -2.41. The Morgan fingerprint density at radius 2 is 1.10 bits per heavy atom. The van der Waals surface area contributed by atoms with Gasteiger partial charge in [0.05, 0.1) is 14.2 Å². The lowest BCUT2D eigenvalue weighted by Crippen LogP contribution is -2.49. The summed E-state index contributed by atoms with van der Waals surface area (Å²) in [7, 11) is 2.88. The fraction of sp³-hybridized carbons (Fsp3) is 0.467. The van der Waals surface area contributed by atoms with Crippen molar-refractivity contribution in [2.24, 2.45) is 22.3 Å². The zero-order valence-electron chi connectivity index (χ0n) is 23.7. The van der Waals surface area contributed by atoms with Crippen molar-refractivity contribution in [1.82, 2.24) is 0 Å². The van der Waals surface area contributed by atoms with Gasteiger partial charge in [0.1, 0.15) is 23.1 Å². The molecular formula is C30H36F2N2O6. The van der Waals surface area contributed by atoms with E-state index in [0.29, 0.717) is 33.8 Å². The molecule has 0 amide bonds. The van der Waals surface area contributed by atoms with Gasteiger partial charge in [0.25, 0.3) is 0 Å². The van der Waals surface area contributed by atoms with E-state index in [1.807, 2.05) is 27.7 Å². The molecule has 2 atom stereocenters. The fourth-order valence-electron chi connectivity index (χ4n) is 6.39. The minimum Gasteiger partial charge on any atom is -0.496 e. The Kier molecular flexibility index (Phi) is 7.49. The molecule has 8 nitrogen and oxygen atoms in total. The topological polar surface area (TPSA) is 123 Å². The Labute approximate surface area is 232 Å². The monoisotopic (exact) mass is 558 g/mol. The van der Waals surface area contributed by atoms with Crippen LogP contribution in [0.4, 0.5) is 8.78 Å². The van der Waals surface area contributed by atoms with Crippen molar-refractivity contribution in [3.8, 4) is 11.5 Å². The first kappa shape index (κ1) is 29.5. The predicted molar refractivity (Wildman–Crippen MR) is 144 cm³/mol. The van der Waals surface area contributed by atoms with E-state index >= 15 is 0 Å². The third-order valence-corrected chi connectivity index (χ3v) is 8.59. The molecule has 0 bridgehead atoms. The third-order valence-electron chi connectivity index (χ3n) is 8.59. The molecule has 0 saturated carbocycles. The summed E-state index contributed by atoms with van der Waals surface area (Å²) in [5.74, 6) is -1.98. The highest BCUT2D eigenvalue weighted by Crippen LogP contribution is 2.57. The van der Waals surface area contributed by atoms with Crippen molar-refractivity contribution in [3.05, 3.63) is 70.3 Å². The molecule has 216 valence electrons. The number of carbonyl (C=O) groups excluding carboxylic acids is 2. The molecule has 40 heavy (non-hydrogen) atoms. The van der Waals surface area contributed by atoms with Crippen LogP contribution in [0.5, 0.6) is 11.5 Å². The van der Waals surface area contributed by atoms with E-state index in [2.05, 4.69) is 0 Å². The first-order valence-corrected chi connectivity index (χ1v) is 13.0. The van der Waals surface area contributed by atoms with E-state index in [-0.39, 0.29) is 25.9 Å². The quantitative estimate of drug-likeness (QED) is 0.371. The van der Waals surface area contributed by atoms with Gasteiger partial charge < -0.3 is 30.4 Å². The maximum atomic E-state index is 14.8. The molecule has 0 aromatic heterocycles. The number of carbonyl (C=O) groups is 2. The summed E-state index contributed by atoms with van der Waals surface area (Å²) in [6, 6.07) is 5.53. The highest BCUT2D eigenvalue weighted by atomic mass is 19.1. The number of ether oxygens (including phenoxy) is 4. The second-order valence-corrected chi connectivity index (χ2v) is 11.6. The minimum absolute atomic E-state index is 0.149. The van der Waals surface area contributed by atoms with Gasteiger partial charge in [-0.25, -0.2) is 18.4 Å². The van der Waals surface area contributed by atoms with Gasteiger partial charge in [-0.3, -0.25) is 0 Å². The summed E-state index contributed by atoms with van der Waals surface area (Å²) in [5, 5.41) is 0. The molecule has 0 saturated heterocycles. The highest BCUT2D eigenvalue weighted by molar-refractivity contribution is 5.92. The number of nitrogens with two attached hydrogens (primary N) is 2. The van der Waals surface area contributed by atoms with Gasteiger partial charge in [-0.1, -0.05) is 27.7 Å². The van der Waals surface area contributed by atoms with Crippen LogP contribution in [-0.4, -0.2) is 39.2 Å². The number of halogens is 2. The highest BCUT2D eigenvalue weighted by Gasteiger charge is 2.58. The normalized spacial score (nSPS) is 23.9. The second kappa shape index (κ2) is 10.2. The second-order valence-electron chi connectivity index (χ2n) is 11.6. The number of rotatable bonds is 8. The van der Waals surface area contributed by atoms with Crippen molar-refractivity contribution in [2.45, 2.75) is 51.7 Å². The molecule has 0 aliphatic heterocycles. The van der Waals surface area contributed by atoms with E-state index in [1.165, 1.54) is 38.5 Å². The van der Waals surface area contributed by atoms with Crippen molar-refractivity contribution in [1.29, 1.82) is 0 Å². The number of hydrogen-bond donors (Lipinski definition) is 2. The molecular weight excluding hydrogens is 522 g/mol. The van der Waals surface area contributed by atoms with Gasteiger partial charge >= 0.3 is 11.9 Å². The van der Waals surface area contributed by atoms with Crippen LogP contribution < -0.4 is 20.9 Å². The SMILES string of the molecule is COc1ccc(F)c2c1C(CN)(OC(=O)/C=C/C(=O)OC1(CN)c3c(OC)ccc(F)c3CC1(C)C)C(C)(C)C2. The van der Waals surface area contributed by atoms with E-state index in [9.17, 15) is 18.4 Å². The molecule has 0 heterocycles. The zero-order valence-corrected chi connectivity index (χ0v) is 23.7. The minimum atomic E-state index is -1.42. The van der Waals surface area contributed by atoms with Crippen LogP contribution in [0, 0.1) is 22.5 Å². The van der Waals surface area contributed by atoms with E-state index < -0.39 is 45.6 Å². The molecule has 2 aliphatic carbocycles. The number of fused-ring (bicyclic) bond motifs is 2. The van der Waals surface area contributed by atoms with E-state index in [1.54, 1.807) is 0 Å². The lowest BCUT2D eigenvalue weighted by atomic mass is 9.75. The fourth-order valence-corrected chi connectivity index (χ4v) is 6.39. The Morgan fingerprint density at radius 3 is 1.40 bits per heavy atom. The maximum Gasteiger partial charge on any atom is 0.331 e. The van der Waals surface area contributed by atoms with Gasteiger partial charge in [-0.15, -0.1) is 0 Å². The summed E-state index contributed by atoms with van der Waals surface area (Å²) < 4.78 is 52.3. The van der Waals surface area contributed by atoms with Crippen LogP contribution in [0.25, 0.3) is 0 Å². The standard InChI is InChI=1S/C30H36F2N2O6/c1-27(2)13-17-19(31)7-9-21(37-5)25(17)29(27,15-33)39-23(35)11-12-24(36)40-30(16-34)26-18(14-28(30,3)4)20(32)8-10-22(26)38-6/h7-12H,13-16,33-34H2,1-6H3/b12-11+. The van der Waals surface area contributed by atoms with Crippen LogP contribution in [0.3, 0.4) is 0 Å². The van der Waals surface area contributed by atoms with Crippen molar-refractivity contribution >= 4 is 11.9 Å². The van der Waals surface area contributed by atoms with Crippen molar-refractivity contribution < 1.29 is 37.3 Å². The number of esters is 2. The first-order chi connectivity index (χ1) is 18.7. The molecule has 0 spiro atoms. The molecule has 2 aromatic rings. The van der Waals surface area contributed by atoms with Gasteiger partial charge in [0.2, 0.25) is 0 Å². The van der Waals surface area contributed by atoms with E-state index in [4.69, 9.17) is 30.4 Å². The molecule has 4 rings (SSSR count). The van der Waals surface area contributed by atoms with Gasteiger partial charge in [0.15, 0.2) is 11.2 Å². The molecule has 2 unspecified atom stereocenters. The molecule has 4 N–H and O–H groups in total. The molecule has 0 radical (unpaired) electrons. The summed E-state index contributed by atoms with van der Waals surface area (Å²) in [5.41, 5.74) is 9.38. The van der Waals surface area contributed by atoms with E-state index in [0.717, 1.165) is 12.2 Å². The molecule has 2 aromatic carbocycles. The Balaban J connectivity index is 1.64. The summed E-state index contributed by atoms with van der Waals surface area (Å²) >= 11 is 0. The summed E-state index contributed by atoms with van der Waals surface area (Å²) in [6.07, 6.45) is 2.37. The van der Waals surface area contributed by atoms with Crippen LogP contribution in [-0.2, 0) is 43.1 Å². The van der Waals surface area contributed by atoms with Crippen LogP contribution in [0.2, 0.25) is 0 Å². The lowest BCUT2D eigenvalue weighted by molar-refractivity contribution is -0.169. The average Bonchev–Trinajstić information content (AvgIpc) is 3.28. The van der Waals surface area contributed by atoms with Crippen LogP contribution in [0.15, 0.2) is 36.4 Å². The van der Waals surface area contributed by atoms with Crippen molar-refractivity contribution in [3.63, 3.8) is 0 Å². The Hall–Kier alpha value is -3.50. The smallest absolute Gasteiger partial charge is 0.331 e. The average molecular weight is 559 g/mol. The Morgan fingerprint density at radius 1 is 0.750 bits per heavy atom. The van der Waals surface area contributed by atoms with Crippen LogP contribution in [0.1, 0.15) is 49.9 Å². The molecule has 2 aliphatic rings. The number of methoxy groups -OCH3 is 2. The molecule has 10 heteroatoms. The molecule has 0 fully saturated rings. The Bertz CT molecular complexity index is 1290.